The minimum absolute atomic E-state index is 0.0405. The molecule has 124 valence electrons. The molecule has 2 aromatic rings. The van der Waals surface area contributed by atoms with Gasteiger partial charge in [0.25, 0.3) is 0 Å². The number of nitrogens with one attached hydrogen (secondary N) is 1. The quantitative estimate of drug-likeness (QED) is 0.856. The first-order chi connectivity index (χ1) is 11.5. The van der Waals surface area contributed by atoms with Crippen LogP contribution in [0, 0.1) is 5.82 Å². The van der Waals surface area contributed by atoms with Crippen LogP contribution in [0.25, 0.3) is 0 Å². The predicted octanol–water partition coefficient (Wildman–Crippen LogP) is 3.13. The van der Waals surface area contributed by atoms with Crippen LogP contribution in [0.3, 0.4) is 0 Å². The largest absolute Gasteiger partial charge is 0.478 e. The van der Waals surface area contributed by atoms with Gasteiger partial charge in [0.15, 0.2) is 0 Å². The normalized spacial score (nSPS) is 18.9. The van der Waals surface area contributed by atoms with Gasteiger partial charge in [-0.3, -0.25) is 4.79 Å². The molecule has 2 aromatic carbocycles. The zero-order valence-corrected chi connectivity index (χ0v) is 13.0. The Morgan fingerprint density at radius 2 is 1.92 bits per heavy atom. The van der Waals surface area contributed by atoms with Gasteiger partial charge in [0.1, 0.15) is 5.82 Å². The van der Waals surface area contributed by atoms with Crippen LogP contribution in [0.2, 0.25) is 0 Å². The molecule has 0 unspecified atom stereocenters. The van der Waals surface area contributed by atoms with Crippen LogP contribution in [0.5, 0.6) is 0 Å². The molecule has 1 saturated carbocycles. The number of amides is 1. The summed E-state index contributed by atoms with van der Waals surface area (Å²) in [5.74, 6) is -1.06. The molecule has 0 spiro atoms. The number of carbonyl (C=O) groups is 2. The highest BCUT2D eigenvalue weighted by Gasteiger charge is 2.39. The van der Waals surface area contributed by atoms with Crippen molar-refractivity contribution in [3.05, 3.63) is 71.0 Å². The average Bonchev–Trinajstić information content (AvgIpc) is 3.32. The Balaban J connectivity index is 1.46. The number of rotatable bonds is 6. The SMILES string of the molecule is O=C(CCc1ccc(C(=O)O)cc1)N[C@@H]1C[C@H]1c1cccc(F)c1. The Bertz CT molecular complexity index is 757. The average molecular weight is 327 g/mol. The van der Waals surface area contributed by atoms with E-state index >= 15 is 0 Å². The summed E-state index contributed by atoms with van der Waals surface area (Å²) in [4.78, 5) is 22.8. The first kappa shape index (κ1) is 16.2. The second-order valence-electron chi connectivity index (χ2n) is 6.07. The zero-order valence-electron chi connectivity index (χ0n) is 13.0. The van der Waals surface area contributed by atoms with Crippen molar-refractivity contribution in [3.63, 3.8) is 0 Å². The van der Waals surface area contributed by atoms with Crippen LogP contribution in [0.15, 0.2) is 48.5 Å². The van der Waals surface area contributed by atoms with Crippen molar-refractivity contribution in [3.8, 4) is 0 Å². The molecule has 1 fully saturated rings. The Hall–Kier alpha value is -2.69. The molecule has 2 atom stereocenters. The lowest BCUT2D eigenvalue weighted by Gasteiger charge is -2.06. The molecule has 0 aromatic heterocycles. The summed E-state index contributed by atoms with van der Waals surface area (Å²) in [5.41, 5.74) is 2.08. The van der Waals surface area contributed by atoms with Crippen molar-refractivity contribution in [1.82, 2.24) is 5.32 Å². The number of aryl methyl sites for hydroxylation is 1. The van der Waals surface area contributed by atoms with Gasteiger partial charge in [-0.2, -0.15) is 0 Å². The lowest BCUT2D eigenvalue weighted by atomic mass is 10.1. The number of aromatic carboxylic acids is 1. The van der Waals surface area contributed by atoms with Crippen LogP contribution in [-0.2, 0) is 11.2 Å². The van der Waals surface area contributed by atoms with Gasteiger partial charge in [-0.05, 0) is 48.2 Å². The lowest BCUT2D eigenvalue weighted by molar-refractivity contribution is -0.121. The molecule has 0 radical (unpaired) electrons. The van der Waals surface area contributed by atoms with Crippen LogP contribution in [0.4, 0.5) is 4.39 Å². The van der Waals surface area contributed by atoms with Gasteiger partial charge in [0.2, 0.25) is 5.91 Å². The van der Waals surface area contributed by atoms with Gasteiger partial charge in [-0.25, -0.2) is 9.18 Å². The molecule has 0 aliphatic heterocycles. The third-order valence-corrected chi connectivity index (χ3v) is 4.26. The summed E-state index contributed by atoms with van der Waals surface area (Å²) in [6.07, 6.45) is 1.74. The number of carbonyl (C=O) groups excluding carboxylic acids is 1. The molecule has 1 aliphatic carbocycles. The molecule has 5 heteroatoms. The van der Waals surface area contributed by atoms with E-state index in [1.807, 2.05) is 6.07 Å². The number of halogens is 1. The molecule has 0 saturated heterocycles. The van der Waals surface area contributed by atoms with Crippen LogP contribution in [-0.4, -0.2) is 23.0 Å². The van der Waals surface area contributed by atoms with E-state index in [1.165, 1.54) is 24.3 Å². The predicted molar refractivity (Wildman–Crippen MR) is 87.4 cm³/mol. The van der Waals surface area contributed by atoms with Gasteiger partial charge in [-0.1, -0.05) is 24.3 Å². The van der Waals surface area contributed by atoms with E-state index in [1.54, 1.807) is 18.2 Å². The van der Waals surface area contributed by atoms with Crippen molar-refractivity contribution >= 4 is 11.9 Å². The van der Waals surface area contributed by atoms with Crippen molar-refractivity contribution < 1.29 is 19.1 Å². The maximum atomic E-state index is 13.2. The highest BCUT2D eigenvalue weighted by molar-refractivity contribution is 5.87. The fourth-order valence-electron chi connectivity index (χ4n) is 2.81. The molecular formula is C19H18FNO3. The summed E-state index contributed by atoms with van der Waals surface area (Å²) in [6, 6.07) is 13.1. The van der Waals surface area contributed by atoms with E-state index in [0.717, 1.165) is 17.5 Å². The van der Waals surface area contributed by atoms with E-state index < -0.39 is 5.97 Å². The van der Waals surface area contributed by atoms with E-state index in [9.17, 15) is 14.0 Å². The van der Waals surface area contributed by atoms with Crippen molar-refractivity contribution in [1.29, 1.82) is 0 Å². The number of hydrogen-bond donors (Lipinski definition) is 2. The second-order valence-corrected chi connectivity index (χ2v) is 6.07. The molecule has 3 rings (SSSR count). The standard InChI is InChI=1S/C19H18FNO3/c20-15-3-1-2-14(10-15)16-11-17(16)21-18(22)9-6-12-4-7-13(8-5-12)19(23)24/h1-5,7-8,10,16-17H,6,9,11H2,(H,21,22)(H,23,24)/t16-,17+/m0/s1. The summed E-state index contributed by atoms with van der Waals surface area (Å²) in [6.45, 7) is 0. The fourth-order valence-corrected chi connectivity index (χ4v) is 2.81. The summed E-state index contributed by atoms with van der Waals surface area (Å²) in [7, 11) is 0. The Morgan fingerprint density at radius 3 is 2.58 bits per heavy atom. The third-order valence-electron chi connectivity index (χ3n) is 4.26. The number of hydrogen-bond acceptors (Lipinski definition) is 2. The molecule has 1 aliphatic rings. The Morgan fingerprint density at radius 1 is 1.17 bits per heavy atom. The van der Waals surface area contributed by atoms with Crippen molar-refractivity contribution in [2.75, 3.05) is 0 Å². The van der Waals surface area contributed by atoms with E-state index in [4.69, 9.17) is 5.11 Å². The third kappa shape index (κ3) is 3.98. The maximum absolute atomic E-state index is 13.2. The van der Waals surface area contributed by atoms with E-state index in [2.05, 4.69) is 5.32 Å². The molecule has 0 bridgehead atoms. The topological polar surface area (TPSA) is 66.4 Å². The van der Waals surface area contributed by atoms with E-state index in [0.29, 0.717) is 12.8 Å². The van der Waals surface area contributed by atoms with Crippen LogP contribution in [0.1, 0.15) is 40.2 Å². The molecule has 4 nitrogen and oxygen atoms in total. The van der Waals surface area contributed by atoms with Gasteiger partial charge in [0.05, 0.1) is 5.56 Å². The summed E-state index contributed by atoms with van der Waals surface area (Å²) >= 11 is 0. The molecule has 24 heavy (non-hydrogen) atoms. The van der Waals surface area contributed by atoms with Gasteiger partial charge in [-0.15, -0.1) is 0 Å². The first-order valence-electron chi connectivity index (χ1n) is 7.90. The smallest absolute Gasteiger partial charge is 0.335 e. The molecule has 1 amide bonds. The maximum Gasteiger partial charge on any atom is 0.335 e. The Kier molecular flexibility index (Phi) is 4.60. The number of carboxylic acids is 1. The first-order valence-corrected chi connectivity index (χ1v) is 7.90. The van der Waals surface area contributed by atoms with Gasteiger partial charge < -0.3 is 10.4 Å². The molecule has 2 N–H and O–H groups in total. The van der Waals surface area contributed by atoms with Crippen LogP contribution < -0.4 is 5.32 Å². The highest BCUT2D eigenvalue weighted by atomic mass is 19.1. The van der Waals surface area contributed by atoms with Crippen molar-refractivity contribution in [2.45, 2.75) is 31.2 Å². The fraction of sp³-hybridized carbons (Fsp3) is 0.263. The molecular weight excluding hydrogens is 309 g/mol. The second kappa shape index (κ2) is 6.83. The van der Waals surface area contributed by atoms with Gasteiger partial charge in [0, 0.05) is 18.4 Å². The highest BCUT2D eigenvalue weighted by Crippen LogP contribution is 2.40. The number of carboxylic acid groups (broad SMARTS) is 1. The lowest BCUT2D eigenvalue weighted by Crippen LogP contribution is -2.26. The summed E-state index contributed by atoms with van der Waals surface area (Å²) in [5, 5.41) is 11.8. The minimum Gasteiger partial charge on any atom is -0.478 e. The van der Waals surface area contributed by atoms with Crippen LogP contribution >= 0.6 is 0 Å². The molecule has 0 heterocycles. The van der Waals surface area contributed by atoms with Crippen molar-refractivity contribution in [2.24, 2.45) is 0 Å². The minimum atomic E-state index is -0.962. The monoisotopic (exact) mass is 327 g/mol. The van der Waals surface area contributed by atoms with E-state index in [-0.39, 0.29) is 29.2 Å². The van der Waals surface area contributed by atoms with Gasteiger partial charge >= 0.3 is 5.97 Å². The number of benzene rings is 2. The Labute approximate surface area is 139 Å². The summed E-state index contributed by atoms with van der Waals surface area (Å²) < 4.78 is 13.2. The zero-order chi connectivity index (χ0) is 17.1.